The van der Waals surface area contributed by atoms with E-state index in [1.54, 1.807) is 0 Å². The van der Waals surface area contributed by atoms with Crippen LogP contribution in [0.15, 0.2) is 0 Å². The van der Waals surface area contributed by atoms with Crippen LogP contribution in [0, 0.1) is 5.92 Å². The second kappa shape index (κ2) is 20.2. The van der Waals surface area contributed by atoms with Crippen LogP contribution in [0.1, 0.15) is 130 Å². The molecule has 0 aromatic heterocycles. The van der Waals surface area contributed by atoms with Crippen LogP contribution in [0.3, 0.4) is 0 Å². The van der Waals surface area contributed by atoms with Gasteiger partial charge in [-0.1, -0.05) is 91.9 Å². The fourth-order valence-electron chi connectivity index (χ4n) is 3.48. The third kappa shape index (κ3) is 18.7. The van der Waals surface area contributed by atoms with E-state index in [0.717, 1.165) is 51.4 Å². The van der Waals surface area contributed by atoms with Gasteiger partial charge in [0, 0.05) is 12.8 Å². The first-order chi connectivity index (χ1) is 14.0. The molecule has 0 bridgehead atoms. The van der Waals surface area contributed by atoms with Crippen molar-refractivity contribution in [2.45, 2.75) is 137 Å². The summed E-state index contributed by atoms with van der Waals surface area (Å²) in [6, 6.07) is 0. The summed E-state index contributed by atoms with van der Waals surface area (Å²) < 4.78 is 10.8. The Morgan fingerprint density at radius 2 is 1.14 bits per heavy atom. The molecule has 0 aliphatic rings. The van der Waals surface area contributed by atoms with Gasteiger partial charge in [-0.25, -0.2) is 0 Å². The summed E-state index contributed by atoms with van der Waals surface area (Å²) in [4.78, 5) is 23.6. The molecule has 0 saturated carbocycles. The molecule has 0 aliphatic heterocycles. The smallest absolute Gasteiger partial charge is 0.306 e. The van der Waals surface area contributed by atoms with Crippen LogP contribution in [0.4, 0.5) is 0 Å². The molecule has 4 heteroatoms. The van der Waals surface area contributed by atoms with Crippen LogP contribution in [0.2, 0.25) is 0 Å². The van der Waals surface area contributed by atoms with Gasteiger partial charge in [0.05, 0.1) is 6.61 Å². The number of hydrogen-bond donors (Lipinski definition) is 0. The number of carbonyl (C=O) groups excluding carboxylic acids is 2. The Morgan fingerprint density at radius 3 is 1.66 bits per heavy atom. The van der Waals surface area contributed by atoms with Crippen LogP contribution >= 0.6 is 0 Å². The van der Waals surface area contributed by atoms with Gasteiger partial charge in [0.15, 0.2) is 0 Å². The first-order valence-electron chi connectivity index (χ1n) is 12.4. The molecule has 0 spiro atoms. The SMILES string of the molecule is CCCCCCCCCOC(=O)CCCCCCCCC(=O)OC(CC)C(C)C. The molecule has 0 aromatic rings. The molecule has 0 N–H and O–H groups in total. The Kier molecular flexibility index (Phi) is 19.5. The van der Waals surface area contributed by atoms with Gasteiger partial charge in [-0.3, -0.25) is 9.59 Å². The molecule has 0 aromatic carbocycles. The lowest BCUT2D eigenvalue weighted by Crippen LogP contribution is -2.22. The Bertz CT molecular complexity index is 392. The Morgan fingerprint density at radius 1 is 0.655 bits per heavy atom. The minimum Gasteiger partial charge on any atom is -0.466 e. The molecule has 1 unspecified atom stereocenters. The topological polar surface area (TPSA) is 52.6 Å². The van der Waals surface area contributed by atoms with E-state index in [0.29, 0.717) is 25.4 Å². The van der Waals surface area contributed by atoms with Crippen molar-refractivity contribution in [3.63, 3.8) is 0 Å². The second-order valence-corrected chi connectivity index (χ2v) is 8.64. The molecule has 1 atom stereocenters. The molecule has 0 radical (unpaired) electrons. The lowest BCUT2D eigenvalue weighted by atomic mass is 10.1. The maximum atomic E-state index is 11.8. The Hall–Kier alpha value is -1.06. The first kappa shape index (κ1) is 27.9. The Balaban J connectivity index is 3.39. The zero-order valence-corrected chi connectivity index (χ0v) is 19.8. The fraction of sp³-hybridized carbons (Fsp3) is 0.920. The molecular weight excluding hydrogens is 364 g/mol. The van der Waals surface area contributed by atoms with E-state index in [1.807, 2.05) is 0 Å². The summed E-state index contributed by atoms with van der Waals surface area (Å²) in [5, 5.41) is 0. The van der Waals surface area contributed by atoms with Crippen molar-refractivity contribution >= 4 is 11.9 Å². The molecule has 0 aliphatic carbocycles. The van der Waals surface area contributed by atoms with Crippen LogP contribution in [-0.4, -0.2) is 24.6 Å². The molecular formula is C25H48O4. The highest BCUT2D eigenvalue weighted by atomic mass is 16.5. The Labute approximate surface area is 180 Å². The van der Waals surface area contributed by atoms with Crippen LogP contribution in [0.25, 0.3) is 0 Å². The average molecular weight is 413 g/mol. The van der Waals surface area contributed by atoms with E-state index in [1.165, 1.54) is 38.5 Å². The normalized spacial score (nSPS) is 12.2. The van der Waals surface area contributed by atoms with E-state index in [9.17, 15) is 9.59 Å². The fourth-order valence-corrected chi connectivity index (χ4v) is 3.48. The third-order valence-corrected chi connectivity index (χ3v) is 5.45. The molecule has 4 nitrogen and oxygen atoms in total. The maximum absolute atomic E-state index is 11.8. The summed E-state index contributed by atoms with van der Waals surface area (Å²) in [5.41, 5.74) is 0. The maximum Gasteiger partial charge on any atom is 0.306 e. The molecule has 0 heterocycles. The molecule has 172 valence electrons. The number of rotatable bonds is 20. The minimum absolute atomic E-state index is 0.0469. The summed E-state index contributed by atoms with van der Waals surface area (Å²) in [7, 11) is 0. The van der Waals surface area contributed by atoms with Gasteiger partial charge >= 0.3 is 11.9 Å². The van der Waals surface area contributed by atoms with Crippen molar-refractivity contribution in [3.8, 4) is 0 Å². The average Bonchev–Trinajstić information content (AvgIpc) is 2.69. The van der Waals surface area contributed by atoms with Crippen molar-refractivity contribution in [3.05, 3.63) is 0 Å². The van der Waals surface area contributed by atoms with Crippen molar-refractivity contribution in [1.29, 1.82) is 0 Å². The van der Waals surface area contributed by atoms with E-state index < -0.39 is 0 Å². The largest absolute Gasteiger partial charge is 0.466 e. The summed E-state index contributed by atoms with van der Waals surface area (Å²) in [6.45, 7) is 9.05. The van der Waals surface area contributed by atoms with Gasteiger partial charge in [-0.2, -0.15) is 0 Å². The summed E-state index contributed by atoms with van der Waals surface area (Å²) >= 11 is 0. The number of unbranched alkanes of at least 4 members (excludes halogenated alkanes) is 11. The van der Waals surface area contributed by atoms with Gasteiger partial charge < -0.3 is 9.47 Å². The van der Waals surface area contributed by atoms with E-state index >= 15 is 0 Å². The van der Waals surface area contributed by atoms with Crippen molar-refractivity contribution in [2.24, 2.45) is 5.92 Å². The van der Waals surface area contributed by atoms with Crippen LogP contribution in [0.5, 0.6) is 0 Å². The highest BCUT2D eigenvalue weighted by Crippen LogP contribution is 2.14. The lowest BCUT2D eigenvalue weighted by molar-refractivity contribution is -0.151. The van der Waals surface area contributed by atoms with Gasteiger partial charge in [0.25, 0.3) is 0 Å². The highest BCUT2D eigenvalue weighted by Gasteiger charge is 2.15. The zero-order chi connectivity index (χ0) is 21.7. The van der Waals surface area contributed by atoms with Gasteiger partial charge in [0.1, 0.15) is 6.10 Å². The number of hydrogen-bond acceptors (Lipinski definition) is 4. The highest BCUT2D eigenvalue weighted by molar-refractivity contribution is 5.69. The van der Waals surface area contributed by atoms with E-state index in [-0.39, 0.29) is 18.0 Å². The predicted molar refractivity (Wildman–Crippen MR) is 121 cm³/mol. The molecule has 29 heavy (non-hydrogen) atoms. The monoisotopic (exact) mass is 412 g/mol. The van der Waals surface area contributed by atoms with E-state index in [4.69, 9.17) is 9.47 Å². The third-order valence-electron chi connectivity index (χ3n) is 5.45. The molecule has 0 rings (SSSR count). The minimum atomic E-state index is -0.0609. The predicted octanol–water partition coefficient (Wildman–Crippen LogP) is 7.38. The van der Waals surface area contributed by atoms with Gasteiger partial charge in [0.2, 0.25) is 0 Å². The summed E-state index contributed by atoms with van der Waals surface area (Å²) in [6.07, 6.45) is 16.8. The molecule has 0 fully saturated rings. The first-order valence-corrected chi connectivity index (χ1v) is 12.4. The van der Waals surface area contributed by atoms with Gasteiger partial charge in [-0.15, -0.1) is 0 Å². The summed E-state index contributed by atoms with van der Waals surface area (Å²) in [5.74, 6) is 0.273. The van der Waals surface area contributed by atoms with Crippen molar-refractivity contribution in [2.75, 3.05) is 6.61 Å². The quantitative estimate of drug-likeness (QED) is 0.155. The van der Waals surface area contributed by atoms with E-state index in [2.05, 4.69) is 27.7 Å². The van der Waals surface area contributed by atoms with Crippen LogP contribution in [-0.2, 0) is 19.1 Å². The molecule has 0 amide bonds. The standard InChI is InChI=1S/C25H48O4/c1-5-7-8-9-12-15-18-21-28-24(26)19-16-13-10-11-14-17-20-25(27)29-23(6-2)22(3)4/h22-23H,5-21H2,1-4H3. The number of esters is 2. The van der Waals surface area contributed by atoms with Crippen LogP contribution < -0.4 is 0 Å². The second-order valence-electron chi connectivity index (χ2n) is 8.64. The van der Waals surface area contributed by atoms with Gasteiger partial charge in [-0.05, 0) is 31.6 Å². The number of carbonyl (C=O) groups is 2. The lowest BCUT2D eigenvalue weighted by Gasteiger charge is -2.19. The van der Waals surface area contributed by atoms with Crippen molar-refractivity contribution in [1.82, 2.24) is 0 Å². The number of ether oxygens (including phenoxy) is 2. The van der Waals surface area contributed by atoms with Crippen molar-refractivity contribution < 1.29 is 19.1 Å². The zero-order valence-electron chi connectivity index (χ0n) is 19.8. The molecule has 0 saturated heterocycles.